The minimum atomic E-state index is -1.46. The fourth-order valence-corrected chi connectivity index (χ4v) is 1.60. The first kappa shape index (κ1) is 17.3. The van der Waals surface area contributed by atoms with E-state index in [9.17, 15) is 8.78 Å². The van der Waals surface area contributed by atoms with Crippen molar-refractivity contribution in [1.29, 1.82) is 0 Å². The lowest BCUT2D eigenvalue weighted by molar-refractivity contribution is 0.258. The molecule has 0 radical (unpaired) electrons. The number of hydrogen-bond donors (Lipinski definition) is 1. The van der Waals surface area contributed by atoms with Gasteiger partial charge >= 0.3 is 0 Å². The van der Waals surface area contributed by atoms with Crippen molar-refractivity contribution < 1.29 is 23.4 Å². The summed E-state index contributed by atoms with van der Waals surface area (Å²) in [6, 6.07) is 4.78. The van der Waals surface area contributed by atoms with Gasteiger partial charge in [0.1, 0.15) is 11.5 Å². The highest BCUT2D eigenvalue weighted by Crippen LogP contribution is 2.24. The van der Waals surface area contributed by atoms with E-state index in [0.29, 0.717) is 17.1 Å². The maximum absolute atomic E-state index is 12.4. The Kier molecular flexibility index (Phi) is 7.95. The summed E-state index contributed by atoms with van der Waals surface area (Å²) < 4.78 is 35.5. The molecule has 0 aliphatic rings. The normalized spacial score (nSPS) is 13.8. The molecule has 114 valence electrons. The van der Waals surface area contributed by atoms with Gasteiger partial charge in [-0.15, -0.1) is 0 Å². The van der Waals surface area contributed by atoms with Gasteiger partial charge in [0.25, 0.3) is 0 Å². The zero-order valence-electron chi connectivity index (χ0n) is 10.7. The predicted octanol–water partition coefficient (Wildman–Crippen LogP) is 3.79. The molecule has 1 aromatic carbocycles. The first-order valence-electron chi connectivity index (χ1n) is 6.08. The highest BCUT2D eigenvalue weighted by atomic mass is 35.5. The average molecular weight is 329 g/mol. The van der Waals surface area contributed by atoms with Crippen LogP contribution in [0.15, 0.2) is 18.2 Å². The quantitative estimate of drug-likeness (QED) is 0.701. The largest absolute Gasteiger partial charge is 0.493 e. The summed E-state index contributed by atoms with van der Waals surface area (Å²) in [7, 11) is 0. The maximum atomic E-state index is 12.4. The first-order chi connectivity index (χ1) is 9.51. The van der Waals surface area contributed by atoms with Gasteiger partial charge in [-0.1, -0.05) is 23.2 Å². The highest BCUT2D eigenvalue weighted by Gasteiger charge is 2.06. The molecular weight excluding hydrogens is 313 g/mol. The smallest absolute Gasteiger partial charge is 0.176 e. The van der Waals surface area contributed by atoms with Crippen molar-refractivity contribution in [2.24, 2.45) is 0 Å². The van der Waals surface area contributed by atoms with Crippen molar-refractivity contribution in [3.63, 3.8) is 0 Å². The van der Waals surface area contributed by atoms with Crippen molar-refractivity contribution in [2.45, 2.75) is 30.7 Å². The van der Waals surface area contributed by atoms with E-state index in [4.69, 9.17) is 37.8 Å². The van der Waals surface area contributed by atoms with Gasteiger partial charge in [-0.2, -0.15) is 0 Å². The molecule has 1 rings (SSSR count). The van der Waals surface area contributed by atoms with Crippen molar-refractivity contribution in [1.82, 2.24) is 0 Å². The molecule has 1 N–H and O–H groups in total. The van der Waals surface area contributed by atoms with Crippen LogP contribution in [0.5, 0.6) is 11.5 Å². The summed E-state index contributed by atoms with van der Waals surface area (Å²) in [4.78, 5) is 0. The molecule has 0 aliphatic heterocycles. The second-order valence-corrected chi connectivity index (χ2v) is 4.97. The number of aliphatic hydroxyl groups is 1. The fraction of sp³-hybridized carbons (Fsp3) is 0.538. The summed E-state index contributed by atoms with van der Waals surface area (Å²) in [5, 5.41) is 9.14. The molecule has 0 saturated carbocycles. The standard InChI is InChI=1S/C13H16Cl2F2O3/c14-12(16)1-3-19-10-5-9(8-18)6-11(7-10)20-4-2-13(15)17/h5-7,12-13,18H,1-4,8H2. The first-order valence-corrected chi connectivity index (χ1v) is 6.95. The van der Waals surface area contributed by atoms with Crippen LogP contribution in [0.3, 0.4) is 0 Å². The summed E-state index contributed by atoms with van der Waals surface area (Å²) >= 11 is 10.3. The summed E-state index contributed by atoms with van der Waals surface area (Å²) in [6.45, 7) is 0.0104. The predicted molar refractivity (Wildman–Crippen MR) is 74.1 cm³/mol. The van der Waals surface area contributed by atoms with Crippen molar-refractivity contribution in [3.8, 4) is 11.5 Å². The number of halogens is 4. The summed E-state index contributed by atoms with van der Waals surface area (Å²) in [5.74, 6) is 0.845. The Bertz CT molecular complexity index is 371. The van der Waals surface area contributed by atoms with Crippen LogP contribution in [0.25, 0.3) is 0 Å². The monoisotopic (exact) mass is 328 g/mol. The lowest BCUT2D eigenvalue weighted by Gasteiger charge is -2.11. The molecule has 2 atom stereocenters. The zero-order chi connectivity index (χ0) is 15.0. The molecule has 0 heterocycles. The molecule has 0 fully saturated rings. The molecule has 2 unspecified atom stereocenters. The van der Waals surface area contributed by atoms with E-state index < -0.39 is 11.3 Å². The molecule has 7 heteroatoms. The van der Waals surface area contributed by atoms with Gasteiger partial charge < -0.3 is 14.6 Å². The third kappa shape index (κ3) is 7.12. The Morgan fingerprint density at radius 3 is 1.75 bits per heavy atom. The molecule has 0 saturated heterocycles. The maximum Gasteiger partial charge on any atom is 0.176 e. The molecule has 20 heavy (non-hydrogen) atoms. The molecule has 0 bridgehead atoms. The van der Waals surface area contributed by atoms with E-state index >= 15 is 0 Å². The van der Waals surface area contributed by atoms with E-state index in [2.05, 4.69) is 0 Å². The molecule has 3 nitrogen and oxygen atoms in total. The van der Waals surface area contributed by atoms with E-state index in [0.717, 1.165) is 0 Å². The van der Waals surface area contributed by atoms with Crippen molar-refractivity contribution in [3.05, 3.63) is 23.8 Å². The van der Waals surface area contributed by atoms with Crippen LogP contribution in [0, 0.1) is 0 Å². The number of ether oxygens (including phenoxy) is 2. The second kappa shape index (κ2) is 9.21. The summed E-state index contributed by atoms with van der Waals surface area (Å²) in [6.07, 6.45) is 0.105. The Morgan fingerprint density at radius 2 is 1.40 bits per heavy atom. The van der Waals surface area contributed by atoms with Crippen LogP contribution < -0.4 is 9.47 Å². The molecule has 0 aliphatic carbocycles. The number of benzene rings is 1. The number of hydrogen-bond acceptors (Lipinski definition) is 3. The van der Waals surface area contributed by atoms with Gasteiger partial charge in [0.2, 0.25) is 0 Å². The average Bonchev–Trinajstić information content (AvgIpc) is 2.37. The van der Waals surface area contributed by atoms with Gasteiger partial charge in [0.15, 0.2) is 11.3 Å². The third-order valence-corrected chi connectivity index (χ3v) is 2.77. The number of alkyl halides is 4. The lowest BCUT2D eigenvalue weighted by atomic mass is 10.2. The van der Waals surface area contributed by atoms with Gasteiger partial charge in [0.05, 0.1) is 19.8 Å². The van der Waals surface area contributed by atoms with Crippen LogP contribution in [-0.2, 0) is 6.61 Å². The van der Waals surface area contributed by atoms with Crippen LogP contribution in [0.2, 0.25) is 0 Å². The van der Waals surface area contributed by atoms with Gasteiger partial charge in [0, 0.05) is 18.9 Å². The molecular formula is C13H16Cl2F2O3. The lowest BCUT2D eigenvalue weighted by Crippen LogP contribution is -2.05. The fourth-order valence-electron chi connectivity index (χ4n) is 1.42. The van der Waals surface area contributed by atoms with Crippen molar-refractivity contribution in [2.75, 3.05) is 13.2 Å². The van der Waals surface area contributed by atoms with Gasteiger partial charge in [-0.3, -0.25) is 0 Å². The van der Waals surface area contributed by atoms with Crippen LogP contribution in [0.4, 0.5) is 8.78 Å². The zero-order valence-corrected chi connectivity index (χ0v) is 12.2. The molecule has 1 aromatic rings. The SMILES string of the molecule is OCc1cc(OCCC(F)Cl)cc(OCCC(F)Cl)c1. The Morgan fingerprint density at radius 1 is 0.950 bits per heavy atom. The van der Waals surface area contributed by atoms with E-state index in [1.54, 1.807) is 18.2 Å². The van der Waals surface area contributed by atoms with Gasteiger partial charge in [-0.05, 0) is 17.7 Å². The van der Waals surface area contributed by atoms with Crippen LogP contribution in [-0.4, -0.2) is 29.6 Å². The Hall–Kier alpha value is -0.780. The van der Waals surface area contributed by atoms with E-state index in [1.807, 2.05) is 0 Å². The molecule has 0 aromatic heterocycles. The minimum absolute atomic E-state index is 0.0525. The van der Waals surface area contributed by atoms with Gasteiger partial charge in [-0.25, -0.2) is 8.78 Å². The van der Waals surface area contributed by atoms with Crippen LogP contribution in [0.1, 0.15) is 18.4 Å². The second-order valence-electron chi connectivity index (χ2n) is 4.03. The molecule has 0 spiro atoms. The highest BCUT2D eigenvalue weighted by molar-refractivity contribution is 6.19. The third-order valence-electron chi connectivity index (χ3n) is 2.33. The minimum Gasteiger partial charge on any atom is -0.493 e. The molecule has 0 amide bonds. The number of aliphatic hydroxyl groups excluding tert-OH is 1. The van der Waals surface area contributed by atoms with E-state index in [1.165, 1.54) is 0 Å². The topological polar surface area (TPSA) is 38.7 Å². The Labute approximate surface area is 126 Å². The van der Waals surface area contributed by atoms with Crippen LogP contribution >= 0.6 is 23.2 Å². The van der Waals surface area contributed by atoms with Crippen molar-refractivity contribution >= 4 is 23.2 Å². The van der Waals surface area contributed by atoms with E-state index in [-0.39, 0.29) is 32.7 Å². The Balaban J connectivity index is 2.60. The summed E-state index contributed by atoms with van der Waals surface area (Å²) in [5.41, 5.74) is -2.35. The number of rotatable bonds is 9.